The van der Waals surface area contributed by atoms with E-state index in [0.29, 0.717) is 41.9 Å². The Kier molecular flexibility index (Phi) is 5.22. The second-order valence-electron chi connectivity index (χ2n) is 8.13. The first-order valence-corrected chi connectivity index (χ1v) is 10.2. The van der Waals surface area contributed by atoms with E-state index in [1.54, 1.807) is 12.1 Å². The average molecular weight is 394 g/mol. The van der Waals surface area contributed by atoms with Gasteiger partial charge in [0, 0.05) is 24.8 Å². The van der Waals surface area contributed by atoms with Gasteiger partial charge >= 0.3 is 0 Å². The number of hydrogen-bond donors (Lipinski definition) is 1. The molecule has 1 atom stereocenters. The van der Waals surface area contributed by atoms with Gasteiger partial charge in [-0.25, -0.2) is 10.1 Å². The Bertz CT molecular complexity index is 1100. The van der Waals surface area contributed by atoms with Gasteiger partial charge in [-0.15, -0.1) is 0 Å². The van der Waals surface area contributed by atoms with E-state index in [2.05, 4.69) is 29.0 Å². The van der Waals surface area contributed by atoms with Crippen LogP contribution in [0.25, 0.3) is 10.8 Å². The number of aryl methyl sites for hydroxylation is 1. The summed E-state index contributed by atoms with van der Waals surface area (Å²) in [4.78, 5) is 31.7. The number of aromatic amines is 1. The lowest BCUT2D eigenvalue weighted by Gasteiger charge is -2.28. The molecule has 0 saturated carbocycles. The average Bonchev–Trinajstić information content (AvgIpc) is 3.14. The Morgan fingerprint density at radius 2 is 2.00 bits per heavy atom. The molecular weight excluding hydrogens is 368 g/mol. The lowest BCUT2D eigenvalue weighted by Crippen LogP contribution is -2.38. The van der Waals surface area contributed by atoms with Crippen molar-refractivity contribution in [1.29, 1.82) is 0 Å². The number of oxazole rings is 1. The lowest BCUT2D eigenvalue weighted by molar-refractivity contribution is -0.133. The summed E-state index contributed by atoms with van der Waals surface area (Å²) < 4.78 is 5.90. The highest BCUT2D eigenvalue weighted by Gasteiger charge is 2.30. The van der Waals surface area contributed by atoms with Gasteiger partial charge in [-0.3, -0.25) is 9.59 Å². The zero-order chi connectivity index (χ0) is 20.5. The Morgan fingerprint density at radius 1 is 1.24 bits per heavy atom. The number of amides is 1. The minimum Gasteiger partial charge on any atom is -0.445 e. The summed E-state index contributed by atoms with van der Waals surface area (Å²) in [5.41, 5.74) is 1.20. The minimum atomic E-state index is -0.467. The predicted molar refractivity (Wildman–Crippen MR) is 110 cm³/mol. The molecule has 1 unspecified atom stereocenters. The SMILES string of the molecule is CC(C)CCc1nc2c(o1)CCN(C(=O)C(C)c1n[nH]c(=O)c3ccccc13)C2. The second kappa shape index (κ2) is 7.81. The number of nitrogens with zero attached hydrogens (tertiary/aromatic N) is 3. The first-order chi connectivity index (χ1) is 13.9. The van der Waals surface area contributed by atoms with Gasteiger partial charge in [0.25, 0.3) is 5.56 Å². The fraction of sp³-hybridized carbons (Fsp3) is 0.455. The highest BCUT2D eigenvalue weighted by molar-refractivity contribution is 5.91. The molecule has 3 aromatic rings. The normalized spacial score (nSPS) is 15.0. The van der Waals surface area contributed by atoms with Gasteiger partial charge < -0.3 is 9.32 Å². The largest absolute Gasteiger partial charge is 0.445 e. The smallest absolute Gasteiger partial charge is 0.272 e. The number of nitrogens with one attached hydrogen (secondary N) is 1. The standard InChI is InChI=1S/C22H26N4O3/c1-13(2)8-9-19-23-17-12-26(11-10-18(17)29-19)22(28)14(3)20-15-6-4-5-7-16(15)21(27)25-24-20/h4-7,13-14H,8-12H2,1-3H3,(H,25,27). The van der Waals surface area contributed by atoms with Gasteiger partial charge in [0.1, 0.15) is 11.5 Å². The molecule has 7 nitrogen and oxygen atoms in total. The zero-order valence-electron chi connectivity index (χ0n) is 17.1. The molecule has 1 amide bonds. The van der Waals surface area contributed by atoms with Gasteiger partial charge in [0.2, 0.25) is 5.91 Å². The Balaban J connectivity index is 1.54. The van der Waals surface area contributed by atoms with Gasteiger partial charge in [0.15, 0.2) is 5.89 Å². The molecule has 3 heterocycles. The number of carbonyl (C=O) groups excluding carboxylic acids is 1. The Labute approximate surface area is 169 Å². The van der Waals surface area contributed by atoms with Crippen molar-refractivity contribution in [3.05, 3.63) is 57.7 Å². The molecule has 4 rings (SSSR count). The van der Waals surface area contributed by atoms with Crippen LogP contribution in [0.4, 0.5) is 0 Å². The lowest BCUT2D eigenvalue weighted by atomic mass is 9.99. The molecule has 0 spiro atoms. The Morgan fingerprint density at radius 3 is 2.76 bits per heavy atom. The summed E-state index contributed by atoms with van der Waals surface area (Å²) in [6, 6.07) is 7.24. The molecule has 0 fully saturated rings. The van der Waals surface area contributed by atoms with Crippen LogP contribution in [0.5, 0.6) is 0 Å². The van der Waals surface area contributed by atoms with E-state index in [0.717, 1.165) is 30.2 Å². The molecule has 1 aliphatic rings. The van der Waals surface area contributed by atoms with E-state index in [9.17, 15) is 9.59 Å². The van der Waals surface area contributed by atoms with Crippen LogP contribution < -0.4 is 5.56 Å². The van der Waals surface area contributed by atoms with E-state index < -0.39 is 5.92 Å². The van der Waals surface area contributed by atoms with Crippen molar-refractivity contribution < 1.29 is 9.21 Å². The molecule has 7 heteroatoms. The summed E-state index contributed by atoms with van der Waals surface area (Å²) in [5.74, 6) is 1.77. The van der Waals surface area contributed by atoms with Crippen molar-refractivity contribution in [2.45, 2.75) is 52.5 Å². The van der Waals surface area contributed by atoms with Crippen LogP contribution in [0.15, 0.2) is 33.5 Å². The number of H-pyrrole nitrogens is 1. The first-order valence-electron chi connectivity index (χ1n) is 10.2. The Hall–Kier alpha value is -2.96. The molecule has 1 aromatic carbocycles. The van der Waals surface area contributed by atoms with E-state index >= 15 is 0 Å². The quantitative estimate of drug-likeness (QED) is 0.717. The maximum atomic E-state index is 13.2. The third kappa shape index (κ3) is 3.81. The number of aromatic nitrogens is 3. The topological polar surface area (TPSA) is 92.1 Å². The molecule has 0 bridgehead atoms. The third-order valence-corrected chi connectivity index (χ3v) is 5.53. The van der Waals surface area contributed by atoms with Crippen LogP contribution in [0.2, 0.25) is 0 Å². The number of carbonyl (C=O) groups is 1. The first kappa shape index (κ1) is 19.4. The monoisotopic (exact) mass is 394 g/mol. The van der Waals surface area contributed by atoms with Crippen LogP contribution in [0.3, 0.4) is 0 Å². The van der Waals surface area contributed by atoms with Crippen molar-refractivity contribution in [3.8, 4) is 0 Å². The molecule has 0 aliphatic carbocycles. The maximum absolute atomic E-state index is 13.2. The summed E-state index contributed by atoms with van der Waals surface area (Å²) in [5, 5.41) is 7.97. The van der Waals surface area contributed by atoms with Gasteiger partial charge in [-0.2, -0.15) is 5.10 Å². The molecule has 0 radical (unpaired) electrons. The molecular formula is C22H26N4O3. The molecule has 152 valence electrons. The van der Waals surface area contributed by atoms with Crippen LogP contribution in [-0.2, 0) is 24.2 Å². The fourth-order valence-electron chi connectivity index (χ4n) is 3.82. The van der Waals surface area contributed by atoms with Crippen molar-refractivity contribution >= 4 is 16.7 Å². The maximum Gasteiger partial charge on any atom is 0.272 e. The van der Waals surface area contributed by atoms with Gasteiger partial charge in [0.05, 0.1) is 23.5 Å². The van der Waals surface area contributed by atoms with Crippen molar-refractivity contribution in [2.75, 3.05) is 6.54 Å². The molecule has 2 aromatic heterocycles. The zero-order valence-corrected chi connectivity index (χ0v) is 17.1. The highest BCUT2D eigenvalue weighted by Crippen LogP contribution is 2.27. The number of hydrogen-bond acceptors (Lipinski definition) is 5. The third-order valence-electron chi connectivity index (χ3n) is 5.53. The second-order valence-corrected chi connectivity index (χ2v) is 8.13. The van der Waals surface area contributed by atoms with Crippen LogP contribution in [0.1, 0.15) is 56.1 Å². The van der Waals surface area contributed by atoms with Crippen molar-refractivity contribution in [1.82, 2.24) is 20.1 Å². The van der Waals surface area contributed by atoms with E-state index in [-0.39, 0.29) is 11.5 Å². The summed E-state index contributed by atoms with van der Waals surface area (Å²) in [6.45, 7) is 7.24. The number of fused-ring (bicyclic) bond motifs is 2. The van der Waals surface area contributed by atoms with Gasteiger partial charge in [-0.05, 0) is 25.3 Å². The number of rotatable bonds is 5. The molecule has 1 N–H and O–H groups in total. The van der Waals surface area contributed by atoms with Crippen LogP contribution in [-0.4, -0.2) is 32.5 Å². The summed E-state index contributed by atoms with van der Waals surface area (Å²) in [6.07, 6.45) is 2.52. The van der Waals surface area contributed by atoms with Crippen molar-refractivity contribution in [2.24, 2.45) is 5.92 Å². The van der Waals surface area contributed by atoms with E-state index in [1.165, 1.54) is 0 Å². The molecule has 0 saturated heterocycles. The fourth-order valence-corrected chi connectivity index (χ4v) is 3.82. The summed E-state index contributed by atoms with van der Waals surface area (Å²) in [7, 11) is 0. The molecule has 29 heavy (non-hydrogen) atoms. The van der Waals surface area contributed by atoms with Crippen LogP contribution >= 0.6 is 0 Å². The number of benzene rings is 1. The van der Waals surface area contributed by atoms with E-state index in [1.807, 2.05) is 24.0 Å². The predicted octanol–water partition coefficient (Wildman–Crippen LogP) is 3.19. The minimum absolute atomic E-state index is 0.0212. The van der Waals surface area contributed by atoms with E-state index in [4.69, 9.17) is 4.42 Å². The molecule has 1 aliphatic heterocycles. The van der Waals surface area contributed by atoms with Crippen LogP contribution in [0, 0.1) is 5.92 Å². The highest BCUT2D eigenvalue weighted by atomic mass is 16.4. The van der Waals surface area contributed by atoms with Gasteiger partial charge in [-0.1, -0.05) is 32.0 Å². The van der Waals surface area contributed by atoms with Crippen molar-refractivity contribution in [3.63, 3.8) is 0 Å². The summed E-state index contributed by atoms with van der Waals surface area (Å²) >= 11 is 0.